The highest BCUT2D eigenvalue weighted by Crippen LogP contribution is 2.46. The number of hydrogen-bond acceptors (Lipinski definition) is 1. The first kappa shape index (κ1) is 9.25. The Morgan fingerprint density at radius 1 is 1.25 bits per heavy atom. The zero-order valence-corrected chi connectivity index (χ0v) is 10.0. The van der Waals surface area contributed by atoms with Crippen molar-refractivity contribution in [2.24, 2.45) is 5.92 Å². The summed E-state index contributed by atoms with van der Waals surface area (Å²) in [6, 6.07) is 0. The van der Waals surface area contributed by atoms with Gasteiger partial charge in [0.15, 0.2) is 0 Å². The minimum absolute atomic E-state index is 0.610. The van der Waals surface area contributed by atoms with Crippen molar-refractivity contribution in [1.82, 2.24) is 3.11 Å². The van der Waals surface area contributed by atoms with E-state index in [9.17, 15) is 0 Å². The van der Waals surface area contributed by atoms with Crippen LogP contribution in [-0.4, -0.2) is 15.2 Å². The van der Waals surface area contributed by atoms with Crippen molar-refractivity contribution in [3.05, 3.63) is 0 Å². The molecule has 1 nitrogen and oxygen atoms in total. The van der Waals surface area contributed by atoms with Crippen molar-refractivity contribution >= 4 is 22.9 Å². The van der Waals surface area contributed by atoms with E-state index >= 15 is 0 Å². The van der Waals surface area contributed by atoms with Gasteiger partial charge in [-0.25, -0.2) is 3.11 Å². The van der Waals surface area contributed by atoms with E-state index in [0.29, 0.717) is 5.54 Å². The standard InChI is InChI=1S/C10H18IN/c1-9-5-4-8-12(11)10(9)6-2-3-7-10/h9H,2-8H2,1H3/t9-/m0/s1. The van der Waals surface area contributed by atoms with E-state index in [4.69, 9.17) is 0 Å². The summed E-state index contributed by atoms with van der Waals surface area (Å²) in [5.41, 5.74) is 0.610. The maximum atomic E-state index is 2.62. The summed E-state index contributed by atoms with van der Waals surface area (Å²) in [4.78, 5) is 0. The van der Waals surface area contributed by atoms with Crippen LogP contribution in [0.5, 0.6) is 0 Å². The normalized spacial score (nSPS) is 36.0. The van der Waals surface area contributed by atoms with Crippen molar-refractivity contribution in [3.63, 3.8) is 0 Å². The smallest absolute Gasteiger partial charge is 0.0330 e. The van der Waals surface area contributed by atoms with Crippen LogP contribution in [0.25, 0.3) is 0 Å². The summed E-state index contributed by atoms with van der Waals surface area (Å²) in [7, 11) is 0. The summed E-state index contributed by atoms with van der Waals surface area (Å²) in [6.45, 7) is 3.78. The first-order chi connectivity index (χ1) is 5.76. The van der Waals surface area contributed by atoms with Gasteiger partial charge in [0.25, 0.3) is 0 Å². The predicted octanol–water partition coefficient (Wildman–Crippen LogP) is 3.38. The van der Waals surface area contributed by atoms with Crippen LogP contribution in [0.2, 0.25) is 0 Å². The summed E-state index contributed by atoms with van der Waals surface area (Å²) < 4.78 is 2.62. The maximum Gasteiger partial charge on any atom is 0.0330 e. The minimum Gasteiger partial charge on any atom is -0.241 e. The minimum atomic E-state index is 0.610. The van der Waals surface area contributed by atoms with Crippen LogP contribution in [0, 0.1) is 5.92 Å². The van der Waals surface area contributed by atoms with Crippen LogP contribution >= 0.6 is 22.9 Å². The lowest BCUT2D eigenvalue weighted by Crippen LogP contribution is -2.49. The first-order valence-electron chi connectivity index (χ1n) is 5.19. The van der Waals surface area contributed by atoms with Gasteiger partial charge in [-0.3, -0.25) is 0 Å². The molecule has 2 aliphatic rings. The molecule has 70 valence electrons. The van der Waals surface area contributed by atoms with E-state index in [1.807, 2.05) is 0 Å². The maximum absolute atomic E-state index is 2.62. The van der Waals surface area contributed by atoms with E-state index < -0.39 is 0 Å². The monoisotopic (exact) mass is 279 g/mol. The van der Waals surface area contributed by atoms with Crippen LogP contribution in [0.4, 0.5) is 0 Å². The van der Waals surface area contributed by atoms with E-state index in [1.165, 1.54) is 45.1 Å². The Morgan fingerprint density at radius 2 is 1.92 bits per heavy atom. The second kappa shape index (κ2) is 3.45. The number of hydrogen-bond donors (Lipinski definition) is 0. The van der Waals surface area contributed by atoms with Crippen LogP contribution in [-0.2, 0) is 0 Å². The van der Waals surface area contributed by atoms with E-state index in [2.05, 4.69) is 32.9 Å². The van der Waals surface area contributed by atoms with Gasteiger partial charge in [-0.15, -0.1) is 0 Å². The third kappa shape index (κ3) is 1.31. The molecule has 2 heteroatoms. The summed E-state index contributed by atoms with van der Waals surface area (Å²) in [5.74, 6) is 0.936. The van der Waals surface area contributed by atoms with Crippen molar-refractivity contribution < 1.29 is 0 Å². The van der Waals surface area contributed by atoms with Crippen molar-refractivity contribution in [1.29, 1.82) is 0 Å². The molecule has 1 saturated heterocycles. The summed E-state index contributed by atoms with van der Waals surface area (Å²) in [6.07, 6.45) is 8.70. The van der Waals surface area contributed by atoms with Gasteiger partial charge < -0.3 is 0 Å². The Bertz CT molecular complexity index is 151. The van der Waals surface area contributed by atoms with E-state index in [-0.39, 0.29) is 0 Å². The fourth-order valence-corrected chi connectivity index (χ4v) is 4.29. The average Bonchev–Trinajstić information content (AvgIpc) is 2.50. The van der Waals surface area contributed by atoms with Gasteiger partial charge in [0.1, 0.15) is 0 Å². The first-order valence-corrected chi connectivity index (χ1v) is 6.16. The molecule has 2 rings (SSSR count). The molecule has 1 atom stereocenters. The fourth-order valence-electron chi connectivity index (χ4n) is 2.99. The lowest BCUT2D eigenvalue weighted by Gasteiger charge is -2.46. The number of piperidine rings is 1. The Labute approximate surface area is 89.4 Å². The largest absolute Gasteiger partial charge is 0.241 e. The molecule has 0 aromatic heterocycles. The van der Waals surface area contributed by atoms with Crippen LogP contribution in [0.15, 0.2) is 0 Å². The molecule has 1 aliphatic carbocycles. The van der Waals surface area contributed by atoms with Gasteiger partial charge in [0.05, 0.1) is 0 Å². The molecule has 1 saturated carbocycles. The van der Waals surface area contributed by atoms with Gasteiger partial charge in [0.2, 0.25) is 0 Å². The topological polar surface area (TPSA) is 3.24 Å². The van der Waals surface area contributed by atoms with Crippen LogP contribution < -0.4 is 0 Å². The molecule has 0 unspecified atom stereocenters. The number of rotatable bonds is 0. The van der Waals surface area contributed by atoms with E-state index in [1.54, 1.807) is 0 Å². The Morgan fingerprint density at radius 3 is 2.50 bits per heavy atom. The van der Waals surface area contributed by atoms with Crippen molar-refractivity contribution in [2.45, 2.75) is 51.0 Å². The lowest BCUT2D eigenvalue weighted by molar-refractivity contribution is 0.103. The molecule has 1 aliphatic heterocycles. The van der Waals surface area contributed by atoms with Gasteiger partial charge in [-0.2, -0.15) is 0 Å². The summed E-state index contributed by atoms with van der Waals surface area (Å²) >= 11 is 2.56. The molecule has 0 aromatic carbocycles. The van der Waals surface area contributed by atoms with Gasteiger partial charge in [-0.1, -0.05) is 19.8 Å². The molecule has 12 heavy (non-hydrogen) atoms. The highest BCUT2D eigenvalue weighted by Gasteiger charge is 2.44. The molecular formula is C10H18IN. The Kier molecular flexibility index (Phi) is 2.66. The molecule has 2 fully saturated rings. The van der Waals surface area contributed by atoms with Gasteiger partial charge in [-0.05, 0) is 31.6 Å². The third-order valence-electron chi connectivity index (χ3n) is 3.86. The molecular weight excluding hydrogens is 261 g/mol. The van der Waals surface area contributed by atoms with Crippen LogP contribution in [0.1, 0.15) is 45.4 Å². The SMILES string of the molecule is C[C@H]1CCCN(I)C12CCCC2. The number of halogens is 1. The van der Waals surface area contributed by atoms with Crippen molar-refractivity contribution in [2.75, 3.05) is 6.54 Å². The van der Waals surface area contributed by atoms with Crippen molar-refractivity contribution in [3.8, 4) is 0 Å². The molecule has 0 radical (unpaired) electrons. The second-order valence-corrected chi connectivity index (χ2v) is 5.60. The second-order valence-electron chi connectivity index (χ2n) is 4.44. The zero-order chi connectivity index (χ0) is 8.60. The third-order valence-corrected chi connectivity index (χ3v) is 5.30. The van der Waals surface area contributed by atoms with Gasteiger partial charge in [0, 0.05) is 34.9 Å². The average molecular weight is 279 g/mol. The molecule has 0 amide bonds. The molecule has 1 heterocycles. The highest BCUT2D eigenvalue weighted by atomic mass is 127. The predicted molar refractivity (Wildman–Crippen MR) is 60.3 cm³/mol. The molecule has 0 aromatic rings. The fraction of sp³-hybridized carbons (Fsp3) is 1.00. The lowest BCUT2D eigenvalue weighted by atomic mass is 9.78. The Hall–Kier alpha value is 0.690. The summed E-state index contributed by atoms with van der Waals surface area (Å²) in [5, 5.41) is 0. The molecule has 0 bridgehead atoms. The van der Waals surface area contributed by atoms with E-state index in [0.717, 1.165) is 5.92 Å². The number of nitrogens with zero attached hydrogens (tertiary/aromatic N) is 1. The Balaban J connectivity index is 2.16. The van der Waals surface area contributed by atoms with Gasteiger partial charge >= 0.3 is 0 Å². The molecule has 0 N–H and O–H groups in total. The molecule has 1 spiro atoms. The quantitative estimate of drug-likeness (QED) is 0.485. The van der Waals surface area contributed by atoms with Crippen LogP contribution in [0.3, 0.4) is 0 Å². The zero-order valence-electron chi connectivity index (χ0n) is 7.85. The highest BCUT2D eigenvalue weighted by molar-refractivity contribution is 14.1.